The summed E-state index contributed by atoms with van der Waals surface area (Å²) in [4.78, 5) is 42.2. The van der Waals surface area contributed by atoms with Crippen molar-refractivity contribution in [3.8, 4) is 11.3 Å². The molecule has 2 fully saturated rings. The van der Waals surface area contributed by atoms with Gasteiger partial charge in [0.25, 0.3) is 5.91 Å². The molecule has 2 aromatic heterocycles. The molecule has 2 saturated heterocycles. The molecule has 2 aliphatic heterocycles. The van der Waals surface area contributed by atoms with E-state index in [9.17, 15) is 24.9 Å². The van der Waals surface area contributed by atoms with Gasteiger partial charge in [-0.05, 0) is 50.7 Å². The highest BCUT2D eigenvalue weighted by Crippen LogP contribution is 2.30. The van der Waals surface area contributed by atoms with Crippen LogP contribution in [0.25, 0.3) is 11.3 Å². The number of anilines is 3. The lowest BCUT2D eigenvalue weighted by atomic mass is 9.98. The predicted molar refractivity (Wildman–Crippen MR) is 148 cm³/mol. The fraction of sp³-hybridized carbons (Fsp3) is 0.444. The Morgan fingerprint density at radius 3 is 2.49 bits per heavy atom. The van der Waals surface area contributed by atoms with Gasteiger partial charge in [-0.1, -0.05) is 23.5 Å². The number of thiazole rings is 1. The highest BCUT2D eigenvalue weighted by molar-refractivity contribution is 7.17. The molecule has 5 rings (SSSR count). The third-order valence-electron chi connectivity index (χ3n) is 7.20. The maximum atomic E-state index is 13.1. The summed E-state index contributed by atoms with van der Waals surface area (Å²) in [7, 11) is 0. The van der Waals surface area contributed by atoms with E-state index in [1.54, 1.807) is 24.0 Å². The van der Waals surface area contributed by atoms with Crippen LogP contribution in [0.5, 0.6) is 0 Å². The number of rotatable bonds is 7. The van der Waals surface area contributed by atoms with Crippen LogP contribution >= 0.6 is 11.3 Å². The number of nitrogens with one attached hydrogen (secondary N) is 1. The van der Waals surface area contributed by atoms with E-state index in [-0.39, 0.29) is 35.4 Å². The van der Waals surface area contributed by atoms with Crippen LogP contribution in [0.3, 0.4) is 0 Å². The number of aryl methyl sites for hydroxylation is 1. The first-order chi connectivity index (χ1) is 18.8. The first-order valence-corrected chi connectivity index (χ1v) is 13.9. The number of carbonyl (C=O) groups excluding carboxylic acids is 1. The van der Waals surface area contributed by atoms with Crippen molar-refractivity contribution in [3.05, 3.63) is 46.5 Å². The number of hydrogen-bond donors (Lipinski definition) is 4. The molecule has 1 atom stereocenters. The first-order valence-electron chi connectivity index (χ1n) is 13.1. The van der Waals surface area contributed by atoms with Gasteiger partial charge in [0.1, 0.15) is 10.7 Å². The summed E-state index contributed by atoms with van der Waals surface area (Å²) in [5, 5.41) is 32.3. The molecule has 0 bridgehead atoms. The number of nitrogens with zero attached hydrogens (tertiary/aromatic N) is 5. The van der Waals surface area contributed by atoms with Crippen LogP contribution in [-0.2, 0) is 0 Å². The Hall–Kier alpha value is -3.61. The van der Waals surface area contributed by atoms with Crippen molar-refractivity contribution in [2.75, 3.05) is 43.0 Å². The van der Waals surface area contributed by atoms with Gasteiger partial charge in [0, 0.05) is 50.0 Å². The summed E-state index contributed by atoms with van der Waals surface area (Å²) in [6, 6.07) is 9.16. The summed E-state index contributed by atoms with van der Waals surface area (Å²) >= 11 is 1.02. The zero-order valence-electron chi connectivity index (χ0n) is 21.7. The normalized spacial score (nSPS) is 18.3. The maximum absolute atomic E-state index is 13.1. The number of aromatic carboxylic acids is 1. The van der Waals surface area contributed by atoms with E-state index in [0.717, 1.165) is 29.7 Å². The number of piperidine rings is 2. The average Bonchev–Trinajstić information content (AvgIpc) is 3.33. The third kappa shape index (κ3) is 6.18. The van der Waals surface area contributed by atoms with Gasteiger partial charge in [-0.3, -0.25) is 10.1 Å². The Labute approximate surface area is 230 Å². The molecule has 1 aromatic carbocycles. The highest BCUT2D eigenvalue weighted by atomic mass is 32.1. The SMILES string of the molecule is Cc1nc(Nc2nc(-c3ccc(C(=O)N4CCCC(CO)C4)cc3)cc(N3CCC(O)CC3)n2)sc1C(=O)O. The third-order valence-corrected chi connectivity index (χ3v) is 8.26. The molecular weight excluding hydrogens is 520 g/mol. The molecule has 0 aliphatic carbocycles. The molecule has 2 aliphatic rings. The molecule has 4 heterocycles. The van der Waals surface area contributed by atoms with Gasteiger partial charge in [0.05, 0.1) is 17.5 Å². The van der Waals surface area contributed by atoms with Gasteiger partial charge in [0.2, 0.25) is 5.95 Å². The molecule has 1 amide bonds. The molecule has 11 nitrogen and oxygen atoms in total. The van der Waals surface area contributed by atoms with E-state index < -0.39 is 5.97 Å². The molecule has 0 saturated carbocycles. The number of carboxylic acid groups (broad SMARTS) is 1. The van der Waals surface area contributed by atoms with Gasteiger partial charge in [0.15, 0.2) is 5.13 Å². The van der Waals surface area contributed by atoms with Crippen molar-refractivity contribution >= 4 is 40.1 Å². The lowest BCUT2D eigenvalue weighted by molar-refractivity contribution is 0.0619. The number of hydrogen-bond acceptors (Lipinski definition) is 10. The molecule has 4 N–H and O–H groups in total. The smallest absolute Gasteiger partial charge is 0.347 e. The van der Waals surface area contributed by atoms with Crippen molar-refractivity contribution in [1.29, 1.82) is 0 Å². The van der Waals surface area contributed by atoms with Gasteiger partial charge in [-0.2, -0.15) is 4.98 Å². The fourth-order valence-electron chi connectivity index (χ4n) is 5.00. The summed E-state index contributed by atoms with van der Waals surface area (Å²) in [6.07, 6.45) is 2.76. The van der Waals surface area contributed by atoms with Gasteiger partial charge < -0.3 is 25.1 Å². The van der Waals surface area contributed by atoms with Crippen molar-refractivity contribution in [1.82, 2.24) is 19.9 Å². The van der Waals surface area contributed by atoms with Crippen molar-refractivity contribution in [2.45, 2.75) is 38.7 Å². The minimum absolute atomic E-state index is 0.0503. The van der Waals surface area contributed by atoms with Gasteiger partial charge in [-0.15, -0.1) is 0 Å². The Morgan fingerprint density at radius 1 is 1.08 bits per heavy atom. The average molecular weight is 553 g/mol. The summed E-state index contributed by atoms with van der Waals surface area (Å²) in [5.74, 6) is 0.000876. The molecular formula is C27H32N6O5S. The molecule has 12 heteroatoms. The monoisotopic (exact) mass is 552 g/mol. The first kappa shape index (κ1) is 27.0. The number of carboxylic acids is 1. The largest absolute Gasteiger partial charge is 0.477 e. The highest BCUT2D eigenvalue weighted by Gasteiger charge is 2.25. The number of benzene rings is 1. The van der Waals surface area contributed by atoms with E-state index in [0.29, 0.717) is 66.9 Å². The number of aromatic nitrogens is 3. The number of amides is 1. The zero-order chi connectivity index (χ0) is 27.5. The van der Waals surface area contributed by atoms with E-state index in [1.807, 2.05) is 18.2 Å². The second kappa shape index (κ2) is 11.6. The Bertz CT molecular complexity index is 1340. The molecule has 0 radical (unpaired) electrons. The molecule has 1 unspecified atom stereocenters. The summed E-state index contributed by atoms with van der Waals surface area (Å²) < 4.78 is 0. The molecule has 39 heavy (non-hydrogen) atoms. The van der Waals surface area contributed by atoms with E-state index in [4.69, 9.17) is 0 Å². The van der Waals surface area contributed by atoms with Crippen LogP contribution in [-0.4, -0.2) is 85.9 Å². The minimum Gasteiger partial charge on any atom is -0.477 e. The Kier molecular flexibility index (Phi) is 8.05. The fourth-order valence-corrected chi connectivity index (χ4v) is 5.80. The Morgan fingerprint density at radius 2 is 1.82 bits per heavy atom. The second-order valence-electron chi connectivity index (χ2n) is 10.0. The summed E-state index contributed by atoms with van der Waals surface area (Å²) in [5.41, 5.74) is 2.42. The number of aliphatic hydroxyl groups excluding tert-OH is 2. The van der Waals surface area contributed by atoms with Crippen LogP contribution in [0.2, 0.25) is 0 Å². The van der Waals surface area contributed by atoms with E-state index in [1.165, 1.54) is 0 Å². The number of carbonyl (C=O) groups is 2. The van der Waals surface area contributed by atoms with Crippen molar-refractivity contribution in [3.63, 3.8) is 0 Å². The zero-order valence-corrected chi connectivity index (χ0v) is 22.5. The topological polar surface area (TPSA) is 152 Å². The van der Waals surface area contributed by atoms with Gasteiger partial charge >= 0.3 is 5.97 Å². The van der Waals surface area contributed by atoms with Crippen molar-refractivity contribution < 1.29 is 24.9 Å². The van der Waals surface area contributed by atoms with Crippen LogP contribution in [0, 0.1) is 12.8 Å². The van der Waals surface area contributed by atoms with Crippen molar-refractivity contribution in [2.24, 2.45) is 5.92 Å². The molecule has 206 valence electrons. The molecule has 0 spiro atoms. The van der Waals surface area contributed by atoms with E-state index >= 15 is 0 Å². The predicted octanol–water partition coefficient (Wildman–Crippen LogP) is 3.16. The number of aliphatic hydroxyl groups is 2. The van der Waals surface area contributed by atoms with Crippen LogP contribution in [0.4, 0.5) is 16.9 Å². The van der Waals surface area contributed by atoms with Gasteiger partial charge in [-0.25, -0.2) is 14.8 Å². The lowest BCUT2D eigenvalue weighted by Crippen LogP contribution is -2.40. The Balaban J connectivity index is 1.42. The minimum atomic E-state index is -1.04. The quantitative estimate of drug-likeness (QED) is 0.344. The second-order valence-corrected chi connectivity index (χ2v) is 11.0. The molecule has 3 aromatic rings. The lowest BCUT2D eigenvalue weighted by Gasteiger charge is -2.32. The van der Waals surface area contributed by atoms with Crippen LogP contribution in [0.15, 0.2) is 30.3 Å². The number of likely N-dealkylation sites (tertiary alicyclic amines) is 1. The van der Waals surface area contributed by atoms with E-state index in [2.05, 4.69) is 25.2 Å². The van der Waals surface area contributed by atoms with Crippen LogP contribution in [0.1, 0.15) is 51.4 Å². The maximum Gasteiger partial charge on any atom is 0.347 e. The standard InChI is InChI=1S/C27H32N6O5S/c1-16-23(25(37)38)39-27(28-16)31-26-29-21(13-22(30-26)32-11-8-20(35)9-12-32)18-4-6-19(7-5-18)24(36)33-10-2-3-17(14-33)15-34/h4-7,13,17,20,34-35H,2-3,8-12,14-15H2,1H3,(H,37,38)(H,28,29,30,31). The summed E-state index contributed by atoms with van der Waals surface area (Å²) in [6.45, 7) is 4.27. The van der Waals surface area contributed by atoms with Crippen LogP contribution < -0.4 is 10.2 Å².